The van der Waals surface area contributed by atoms with E-state index in [4.69, 9.17) is 21.3 Å². The van der Waals surface area contributed by atoms with E-state index in [1.165, 1.54) is 0 Å². The average molecular weight is 459 g/mol. The van der Waals surface area contributed by atoms with Crippen molar-refractivity contribution in [1.82, 2.24) is 14.9 Å². The van der Waals surface area contributed by atoms with E-state index in [0.717, 1.165) is 41.1 Å². The fourth-order valence-electron chi connectivity index (χ4n) is 4.15. The molecule has 5 rings (SSSR count). The first kappa shape index (κ1) is 21.2. The van der Waals surface area contributed by atoms with Crippen LogP contribution in [0.1, 0.15) is 10.4 Å². The van der Waals surface area contributed by atoms with Gasteiger partial charge in [0, 0.05) is 48.5 Å². The SMILES string of the molecule is COc1ccc(N2CCN(C(=O)c3cc(-c4ccccn4)nc4ccc(Cl)cc34)CC2)cc1. The predicted octanol–water partition coefficient (Wildman–Crippen LogP) is 4.92. The summed E-state index contributed by atoms with van der Waals surface area (Å²) in [4.78, 5) is 27.0. The van der Waals surface area contributed by atoms with Gasteiger partial charge in [-0.15, -0.1) is 0 Å². The number of nitrogens with zero attached hydrogens (tertiary/aromatic N) is 4. The summed E-state index contributed by atoms with van der Waals surface area (Å²) >= 11 is 6.27. The molecule has 0 aliphatic carbocycles. The van der Waals surface area contributed by atoms with E-state index in [9.17, 15) is 4.79 Å². The highest BCUT2D eigenvalue weighted by Gasteiger charge is 2.25. The number of aromatic nitrogens is 2. The molecule has 0 unspecified atom stereocenters. The number of rotatable bonds is 4. The number of hydrogen-bond acceptors (Lipinski definition) is 5. The molecule has 1 aliphatic rings. The standard InChI is InChI=1S/C26H23ClN4O2/c1-33-20-8-6-19(7-9-20)30-12-14-31(15-13-30)26(32)22-17-25(24-4-2-3-11-28-24)29-23-10-5-18(27)16-21(22)23/h2-11,16-17H,12-15H2,1H3. The topological polar surface area (TPSA) is 58.6 Å². The third kappa shape index (κ3) is 4.34. The first-order chi connectivity index (χ1) is 16.1. The fraction of sp³-hybridized carbons (Fsp3) is 0.192. The number of benzene rings is 2. The van der Waals surface area contributed by atoms with Crippen molar-refractivity contribution in [3.63, 3.8) is 0 Å². The van der Waals surface area contributed by atoms with E-state index >= 15 is 0 Å². The molecule has 1 aliphatic heterocycles. The molecule has 1 amide bonds. The Labute approximate surface area is 197 Å². The van der Waals surface area contributed by atoms with Gasteiger partial charge in [-0.3, -0.25) is 9.78 Å². The second-order valence-electron chi connectivity index (χ2n) is 7.91. The molecule has 7 heteroatoms. The number of methoxy groups -OCH3 is 1. The molecule has 0 spiro atoms. The van der Waals surface area contributed by atoms with Gasteiger partial charge in [0.15, 0.2) is 0 Å². The van der Waals surface area contributed by atoms with Crippen molar-refractivity contribution in [1.29, 1.82) is 0 Å². The van der Waals surface area contributed by atoms with Crippen molar-refractivity contribution in [2.75, 3.05) is 38.2 Å². The van der Waals surface area contributed by atoms with Crippen LogP contribution in [0, 0.1) is 0 Å². The molecule has 1 saturated heterocycles. The molecule has 3 heterocycles. The van der Waals surface area contributed by atoms with Crippen molar-refractivity contribution < 1.29 is 9.53 Å². The van der Waals surface area contributed by atoms with Gasteiger partial charge in [0.1, 0.15) is 5.75 Å². The van der Waals surface area contributed by atoms with Gasteiger partial charge < -0.3 is 14.5 Å². The van der Waals surface area contributed by atoms with Crippen molar-refractivity contribution >= 4 is 34.1 Å². The van der Waals surface area contributed by atoms with Crippen molar-refractivity contribution in [3.8, 4) is 17.1 Å². The zero-order valence-electron chi connectivity index (χ0n) is 18.2. The highest BCUT2D eigenvalue weighted by atomic mass is 35.5. The van der Waals surface area contributed by atoms with E-state index in [-0.39, 0.29) is 5.91 Å². The molecule has 1 fully saturated rings. The number of ether oxygens (including phenoxy) is 1. The number of fused-ring (bicyclic) bond motifs is 1. The highest BCUT2D eigenvalue weighted by Crippen LogP contribution is 2.28. The minimum atomic E-state index is -0.0174. The monoisotopic (exact) mass is 458 g/mol. The Morgan fingerprint density at radius 1 is 0.939 bits per heavy atom. The molecule has 166 valence electrons. The smallest absolute Gasteiger partial charge is 0.254 e. The molecule has 0 radical (unpaired) electrons. The quantitative estimate of drug-likeness (QED) is 0.434. The second-order valence-corrected chi connectivity index (χ2v) is 8.35. The third-order valence-electron chi connectivity index (χ3n) is 5.93. The van der Waals surface area contributed by atoms with Crippen LogP contribution in [0.2, 0.25) is 5.02 Å². The van der Waals surface area contributed by atoms with E-state index in [1.54, 1.807) is 19.4 Å². The molecule has 0 saturated carbocycles. The largest absolute Gasteiger partial charge is 0.497 e. The first-order valence-electron chi connectivity index (χ1n) is 10.8. The van der Waals surface area contributed by atoms with E-state index < -0.39 is 0 Å². The lowest BCUT2D eigenvalue weighted by molar-refractivity contribution is 0.0748. The highest BCUT2D eigenvalue weighted by molar-refractivity contribution is 6.31. The molecule has 2 aromatic carbocycles. The van der Waals surface area contributed by atoms with Crippen LogP contribution in [0.4, 0.5) is 5.69 Å². The maximum absolute atomic E-state index is 13.6. The van der Waals surface area contributed by atoms with Gasteiger partial charge in [-0.25, -0.2) is 4.98 Å². The number of halogens is 1. The summed E-state index contributed by atoms with van der Waals surface area (Å²) in [7, 11) is 1.66. The van der Waals surface area contributed by atoms with Crippen molar-refractivity contribution in [3.05, 3.63) is 83.5 Å². The summed E-state index contributed by atoms with van der Waals surface area (Å²) in [5.41, 5.74) is 3.85. The lowest BCUT2D eigenvalue weighted by Crippen LogP contribution is -2.48. The molecule has 0 bridgehead atoms. The lowest BCUT2D eigenvalue weighted by Gasteiger charge is -2.36. The van der Waals surface area contributed by atoms with Crippen LogP contribution >= 0.6 is 11.6 Å². The van der Waals surface area contributed by atoms with Gasteiger partial charge >= 0.3 is 0 Å². The number of hydrogen-bond donors (Lipinski definition) is 0. The number of amides is 1. The lowest BCUT2D eigenvalue weighted by atomic mass is 10.0. The van der Waals surface area contributed by atoms with E-state index in [1.807, 2.05) is 65.6 Å². The number of piperazine rings is 1. The normalized spacial score (nSPS) is 13.9. The van der Waals surface area contributed by atoms with Crippen LogP contribution in [-0.2, 0) is 0 Å². The molecule has 0 atom stereocenters. The van der Waals surface area contributed by atoms with Crippen LogP contribution in [0.5, 0.6) is 5.75 Å². The maximum Gasteiger partial charge on any atom is 0.254 e. The summed E-state index contributed by atoms with van der Waals surface area (Å²) in [5.74, 6) is 0.815. The Bertz CT molecular complexity index is 1290. The summed E-state index contributed by atoms with van der Waals surface area (Å²) in [6, 6.07) is 21.0. The van der Waals surface area contributed by atoms with E-state index in [0.29, 0.717) is 29.4 Å². The molecule has 2 aromatic heterocycles. The van der Waals surface area contributed by atoms with Gasteiger partial charge in [0.2, 0.25) is 0 Å². The van der Waals surface area contributed by atoms with E-state index in [2.05, 4.69) is 9.88 Å². The van der Waals surface area contributed by atoms with Gasteiger partial charge in [-0.1, -0.05) is 17.7 Å². The zero-order valence-corrected chi connectivity index (χ0v) is 19.0. The molecule has 6 nitrogen and oxygen atoms in total. The third-order valence-corrected chi connectivity index (χ3v) is 6.17. The van der Waals surface area contributed by atoms with Gasteiger partial charge in [0.05, 0.1) is 29.6 Å². The number of pyridine rings is 2. The van der Waals surface area contributed by atoms with Crippen molar-refractivity contribution in [2.24, 2.45) is 0 Å². The number of carbonyl (C=O) groups excluding carboxylic acids is 1. The average Bonchev–Trinajstić information content (AvgIpc) is 2.88. The Morgan fingerprint density at radius 2 is 1.73 bits per heavy atom. The minimum absolute atomic E-state index is 0.0174. The Morgan fingerprint density at radius 3 is 2.42 bits per heavy atom. The summed E-state index contributed by atoms with van der Waals surface area (Å²) in [6.45, 7) is 2.78. The molecule has 33 heavy (non-hydrogen) atoms. The van der Waals surface area contributed by atoms with Gasteiger partial charge in [-0.2, -0.15) is 0 Å². The molecule has 0 N–H and O–H groups in total. The predicted molar refractivity (Wildman–Crippen MR) is 131 cm³/mol. The van der Waals surface area contributed by atoms with Gasteiger partial charge in [-0.05, 0) is 60.7 Å². The Balaban J connectivity index is 1.42. The molecular formula is C26H23ClN4O2. The maximum atomic E-state index is 13.6. The van der Waals surface area contributed by atoms with Gasteiger partial charge in [0.25, 0.3) is 5.91 Å². The fourth-order valence-corrected chi connectivity index (χ4v) is 4.32. The zero-order chi connectivity index (χ0) is 22.8. The second kappa shape index (κ2) is 9.08. The summed E-state index contributed by atoms with van der Waals surface area (Å²) < 4.78 is 5.25. The van der Waals surface area contributed by atoms with Crippen LogP contribution in [0.25, 0.3) is 22.3 Å². The van der Waals surface area contributed by atoms with Crippen LogP contribution < -0.4 is 9.64 Å². The Hall–Kier alpha value is -3.64. The van der Waals surface area contributed by atoms with Crippen molar-refractivity contribution in [2.45, 2.75) is 0 Å². The van der Waals surface area contributed by atoms with Crippen LogP contribution in [-0.4, -0.2) is 54.1 Å². The van der Waals surface area contributed by atoms with Crippen LogP contribution in [0.15, 0.2) is 72.9 Å². The van der Waals surface area contributed by atoms with Crippen LogP contribution in [0.3, 0.4) is 0 Å². The number of carbonyl (C=O) groups is 1. The summed E-state index contributed by atoms with van der Waals surface area (Å²) in [5, 5.41) is 1.33. The summed E-state index contributed by atoms with van der Waals surface area (Å²) in [6.07, 6.45) is 1.73. The number of anilines is 1. The molecular weight excluding hydrogens is 436 g/mol. The Kier molecular flexibility index (Phi) is 5.84. The molecule has 4 aromatic rings. The minimum Gasteiger partial charge on any atom is -0.497 e. The first-order valence-corrected chi connectivity index (χ1v) is 11.2.